The standard InChI is InChI=1S/C27H28N4O/c1-2-22-17-23(27(32)28-16-15-19-9-5-3-6-10-19)24-25(21-13-14-21)30-31(26(24)29-22)18-20-11-7-4-8-12-20/h3-12,17,21H,2,13-16,18H2,1H3,(H,28,32). The van der Waals surface area contributed by atoms with Crippen molar-refractivity contribution < 1.29 is 4.79 Å². The van der Waals surface area contributed by atoms with Gasteiger partial charge in [-0.3, -0.25) is 4.79 Å². The maximum Gasteiger partial charge on any atom is 0.252 e. The van der Waals surface area contributed by atoms with E-state index in [4.69, 9.17) is 10.1 Å². The number of rotatable bonds is 8. The Morgan fingerprint density at radius 1 is 1.03 bits per heavy atom. The molecule has 0 spiro atoms. The topological polar surface area (TPSA) is 59.8 Å². The highest BCUT2D eigenvalue weighted by Gasteiger charge is 2.32. The second kappa shape index (κ2) is 8.95. The van der Waals surface area contributed by atoms with Crippen LogP contribution >= 0.6 is 0 Å². The number of hydrogen-bond donors (Lipinski definition) is 1. The van der Waals surface area contributed by atoms with Crippen molar-refractivity contribution in [1.29, 1.82) is 0 Å². The number of nitrogens with one attached hydrogen (secondary N) is 1. The molecule has 0 radical (unpaired) electrons. The Bertz CT molecular complexity index is 1230. The average molecular weight is 425 g/mol. The maximum atomic E-state index is 13.3. The van der Waals surface area contributed by atoms with Crippen LogP contribution in [0.5, 0.6) is 0 Å². The van der Waals surface area contributed by atoms with Gasteiger partial charge < -0.3 is 5.32 Å². The summed E-state index contributed by atoms with van der Waals surface area (Å²) in [4.78, 5) is 18.2. The van der Waals surface area contributed by atoms with Crippen molar-refractivity contribution in [2.75, 3.05) is 6.54 Å². The van der Waals surface area contributed by atoms with Crippen LogP contribution in [0.1, 0.15) is 58.6 Å². The van der Waals surface area contributed by atoms with E-state index < -0.39 is 0 Å². The van der Waals surface area contributed by atoms with E-state index in [2.05, 4.69) is 36.5 Å². The molecular weight excluding hydrogens is 396 g/mol. The third-order valence-electron chi connectivity index (χ3n) is 6.07. The van der Waals surface area contributed by atoms with Crippen LogP contribution in [0, 0.1) is 0 Å². The van der Waals surface area contributed by atoms with Crippen molar-refractivity contribution in [3.05, 3.63) is 94.8 Å². The molecule has 1 saturated carbocycles. The molecule has 1 aliphatic carbocycles. The van der Waals surface area contributed by atoms with Crippen LogP contribution in [0.25, 0.3) is 11.0 Å². The largest absolute Gasteiger partial charge is 0.352 e. The van der Waals surface area contributed by atoms with Crippen LogP contribution in [-0.2, 0) is 19.4 Å². The third-order valence-corrected chi connectivity index (χ3v) is 6.07. The number of carbonyl (C=O) groups is 1. The molecule has 1 aliphatic rings. The van der Waals surface area contributed by atoms with Crippen LogP contribution in [-0.4, -0.2) is 27.2 Å². The zero-order chi connectivity index (χ0) is 21.9. The van der Waals surface area contributed by atoms with E-state index in [1.807, 2.05) is 47.1 Å². The minimum atomic E-state index is -0.0378. The van der Waals surface area contributed by atoms with Gasteiger partial charge in [-0.15, -0.1) is 0 Å². The van der Waals surface area contributed by atoms with E-state index in [0.29, 0.717) is 24.6 Å². The van der Waals surface area contributed by atoms with E-state index in [1.165, 1.54) is 11.1 Å². The van der Waals surface area contributed by atoms with E-state index in [0.717, 1.165) is 48.1 Å². The number of carbonyl (C=O) groups excluding carboxylic acids is 1. The highest BCUT2D eigenvalue weighted by Crippen LogP contribution is 2.43. The smallest absolute Gasteiger partial charge is 0.252 e. The maximum absolute atomic E-state index is 13.3. The predicted molar refractivity (Wildman–Crippen MR) is 127 cm³/mol. The number of nitrogens with zero attached hydrogens (tertiary/aromatic N) is 3. The van der Waals surface area contributed by atoms with Crippen LogP contribution in [0.3, 0.4) is 0 Å². The summed E-state index contributed by atoms with van der Waals surface area (Å²) in [6, 6.07) is 22.5. The Labute approximate surface area is 188 Å². The number of hydrogen-bond acceptors (Lipinski definition) is 3. The Kier molecular flexibility index (Phi) is 5.71. The summed E-state index contributed by atoms with van der Waals surface area (Å²) < 4.78 is 1.98. The van der Waals surface area contributed by atoms with Crippen molar-refractivity contribution in [1.82, 2.24) is 20.1 Å². The molecule has 1 N–H and O–H groups in total. The second-order valence-corrected chi connectivity index (χ2v) is 8.51. The fourth-order valence-electron chi connectivity index (χ4n) is 4.18. The molecule has 4 aromatic rings. The minimum absolute atomic E-state index is 0.0378. The Hall–Kier alpha value is -3.47. The molecule has 5 heteroatoms. The van der Waals surface area contributed by atoms with Crippen LogP contribution in [0.4, 0.5) is 0 Å². The fourth-order valence-corrected chi connectivity index (χ4v) is 4.18. The Morgan fingerprint density at radius 3 is 2.38 bits per heavy atom. The van der Waals surface area contributed by atoms with Crippen molar-refractivity contribution in [2.45, 2.75) is 45.1 Å². The molecule has 1 fully saturated rings. The molecule has 32 heavy (non-hydrogen) atoms. The Morgan fingerprint density at radius 2 is 1.72 bits per heavy atom. The summed E-state index contributed by atoms with van der Waals surface area (Å²) in [5, 5.41) is 9.03. The predicted octanol–water partition coefficient (Wildman–Crippen LogP) is 4.89. The molecule has 0 saturated heterocycles. The Balaban J connectivity index is 1.49. The molecule has 0 unspecified atom stereocenters. The highest BCUT2D eigenvalue weighted by atomic mass is 16.1. The summed E-state index contributed by atoms with van der Waals surface area (Å²) in [6.45, 7) is 3.33. The summed E-state index contributed by atoms with van der Waals surface area (Å²) in [6.07, 6.45) is 3.84. The number of aryl methyl sites for hydroxylation is 1. The molecular formula is C27H28N4O. The highest BCUT2D eigenvalue weighted by molar-refractivity contribution is 6.06. The quantitative estimate of drug-likeness (QED) is 0.438. The van der Waals surface area contributed by atoms with Gasteiger partial charge in [0.2, 0.25) is 0 Å². The zero-order valence-electron chi connectivity index (χ0n) is 18.4. The third kappa shape index (κ3) is 4.28. The van der Waals surface area contributed by atoms with Crippen LogP contribution in [0.15, 0.2) is 66.7 Å². The first-order valence-electron chi connectivity index (χ1n) is 11.5. The van der Waals surface area contributed by atoms with Gasteiger partial charge in [0, 0.05) is 18.2 Å². The zero-order valence-corrected chi connectivity index (χ0v) is 18.4. The van der Waals surface area contributed by atoms with Gasteiger partial charge in [-0.05, 0) is 42.9 Å². The average Bonchev–Trinajstić information content (AvgIpc) is 3.62. The van der Waals surface area contributed by atoms with Crippen molar-refractivity contribution in [2.24, 2.45) is 0 Å². The van der Waals surface area contributed by atoms with E-state index >= 15 is 0 Å². The molecule has 2 aromatic heterocycles. The minimum Gasteiger partial charge on any atom is -0.352 e. The summed E-state index contributed by atoms with van der Waals surface area (Å²) in [5.41, 5.74) is 5.87. The second-order valence-electron chi connectivity index (χ2n) is 8.51. The molecule has 162 valence electrons. The van der Waals surface area contributed by atoms with E-state index in [9.17, 15) is 4.79 Å². The normalized spacial score (nSPS) is 13.4. The first-order valence-corrected chi connectivity index (χ1v) is 11.5. The van der Waals surface area contributed by atoms with E-state index in [-0.39, 0.29) is 5.91 Å². The molecule has 0 aliphatic heterocycles. The monoisotopic (exact) mass is 424 g/mol. The van der Waals surface area contributed by atoms with Gasteiger partial charge >= 0.3 is 0 Å². The molecule has 2 aromatic carbocycles. The summed E-state index contributed by atoms with van der Waals surface area (Å²) in [5.74, 6) is 0.392. The van der Waals surface area contributed by atoms with Gasteiger partial charge in [-0.1, -0.05) is 67.6 Å². The van der Waals surface area contributed by atoms with Gasteiger partial charge in [0.1, 0.15) is 0 Å². The molecule has 2 heterocycles. The van der Waals surface area contributed by atoms with Crippen molar-refractivity contribution in [3.63, 3.8) is 0 Å². The lowest BCUT2D eigenvalue weighted by molar-refractivity contribution is 0.0955. The lowest BCUT2D eigenvalue weighted by Gasteiger charge is -2.10. The lowest BCUT2D eigenvalue weighted by atomic mass is 10.1. The van der Waals surface area contributed by atoms with Gasteiger partial charge in [-0.25, -0.2) is 9.67 Å². The number of amides is 1. The summed E-state index contributed by atoms with van der Waals surface area (Å²) in [7, 11) is 0. The molecule has 5 nitrogen and oxygen atoms in total. The first-order chi connectivity index (χ1) is 15.7. The van der Waals surface area contributed by atoms with Gasteiger partial charge in [-0.2, -0.15) is 5.10 Å². The van der Waals surface area contributed by atoms with Crippen molar-refractivity contribution >= 4 is 16.9 Å². The number of fused-ring (bicyclic) bond motifs is 1. The summed E-state index contributed by atoms with van der Waals surface area (Å²) >= 11 is 0. The molecule has 0 bridgehead atoms. The van der Waals surface area contributed by atoms with Gasteiger partial charge in [0.25, 0.3) is 5.91 Å². The number of aromatic nitrogens is 3. The number of pyridine rings is 1. The molecule has 5 rings (SSSR count). The number of benzene rings is 2. The van der Waals surface area contributed by atoms with Crippen LogP contribution in [0.2, 0.25) is 0 Å². The van der Waals surface area contributed by atoms with Crippen LogP contribution < -0.4 is 5.32 Å². The first kappa shape index (κ1) is 20.4. The van der Waals surface area contributed by atoms with E-state index in [1.54, 1.807) is 0 Å². The fraction of sp³-hybridized carbons (Fsp3) is 0.296. The SMILES string of the molecule is CCc1cc(C(=O)NCCc2ccccc2)c2c(C3CC3)nn(Cc3ccccc3)c2n1. The van der Waals surface area contributed by atoms with Gasteiger partial charge in [0.05, 0.1) is 23.2 Å². The molecule has 0 atom stereocenters. The lowest BCUT2D eigenvalue weighted by Crippen LogP contribution is -2.26. The molecule has 1 amide bonds. The van der Waals surface area contributed by atoms with Crippen molar-refractivity contribution in [3.8, 4) is 0 Å². The van der Waals surface area contributed by atoms with Gasteiger partial charge in [0.15, 0.2) is 5.65 Å².